The number of thiazole rings is 1. The van der Waals surface area contributed by atoms with Crippen molar-refractivity contribution < 1.29 is 63.3 Å². The summed E-state index contributed by atoms with van der Waals surface area (Å²) in [5.41, 5.74) is 6.74. The van der Waals surface area contributed by atoms with Gasteiger partial charge in [0.15, 0.2) is 16.9 Å². The molecule has 22 heteroatoms. The monoisotopic (exact) mass is 1180 g/mol. The number of benzene rings is 3. The highest BCUT2D eigenvalue weighted by molar-refractivity contribution is 7.22. The average Bonchev–Trinajstić information content (AvgIpc) is 1.43. The third-order valence-corrected chi connectivity index (χ3v) is 19.2. The Morgan fingerprint density at radius 3 is 2.39 bits per heavy atom. The van der Waals surface area contributed by atoms with Gasteiger partial charge in [0.2, 0.25) is 0 Å². The summed E-state index contributed by atoms with van der Waals surface area (Å²) >= 11 is 1.40. The topological polar surface area (TPSA) is 269 Å². The number of carboxylic acid groups (broad SMARTS) is 2. The van der Waals surface area contributed by atoms with Gasteiger partial charge in [-0.25, -0.2) is 24.4 Å². The molecule has 2 amide bonds. The molecule has 85 heavy (non-hydrogen) atoms. The molecule has 2 aliphatic heterocycles. The first-order chi connectivity index (χ1) is 40.7. The van der Waals surface area contributed by atoms with Crippen LogP contribution in [0.4, 0.5) is 21.4 Å². The summed E-state index contributed by atoms with van der Waals surface area (Å²) in [4.78, 5) is 65.9. The molecule has 6 aliphatic rings. The van der Waals surface area contributed by atoms with Gasteiger partial charge in [0.25, 0.3) is 5.91 Å². The molecule has 6 aromatic rings. The summed E-state index contributed by atoms with van der Waals surface area (Å²) in [5, 5.41) is 52.5. The molecule has 3 aromatic carbocycles. The van der Waals surface area contributed by atoms with E-state index >= 15 is 0 Å². The Bertz CT molecular complexity index is 3460. The van der Waals surface area contributed by atoms with Crippen LogP contribution >= 0.6 is 11.3 Å². The number of anilines is 3. The van der Waals surface area contributed by atoms with E-state index in [9.17, 15) is 39.6 Å². The lowest BCUT2D eigenvalue weighted by Crippen LogP contribution is -2.64. The largest absolute Gasteiger partial charge is 0.496 e. The molecule has 1 saturated heterocycles. The fourth-order valence-corrected chi connectivity index (χ4v) is 16.5. The lowest BCUT2D eigenvalue weighted by atomic mass is 9.39. The van der Waals surface area contributed by atoms with Gasteiger partial charge in [-0.3, -0.25) is 14.8 Å². The van der Waals surface area contributed by atoms with Gasteiger partial charge in [0.1, 0.15) is 24.3 Å². The Labute approximate surface area is 497 Å². The molecule has 12 rings (SSSR count). The van der Waals surface area contributed by atoms with Gasteiger partial charge < -0.3 is 59.2 Å². The molecule has 4 aliphatic carbocycles. The Kier molecular flexibility index (Phi) is 16.8. The Hall–Kier alpha value is -7.21. The molecule has 2 unspecified atom stereocenters. The van der Waals surface area contributed by atoms with Crippen LogP contribution in [0.1, 0.15) is 114 Å². The van der Waals surface area contributed by atoms with E-state index in [1.54, 1.807) is 38.4 Å². The summed E-state index contributed by atoms with van der Waals surface area (Å²) < 4.78 is 33.0. The van der Waals surface area contributed by atoms with Gasteiger partial charge in [0.05, 0.1) is 54.5 Å². The minimum Gasteiger partial charge on any atom is -0.496 e. The Morgan fingerprint density at radius 1 is 0.882 bits per heavy atom. The number of carboxylic acids is 2. The van der Waals surface area contributed by atoms with E-state index in [1.807, 2.05) is 77.2 Å². The molecule has 6 N–H and O–H groups in total. The number of aromatic nitrogens is 4. The van der Waals surface area contributed by atoms with E-state index in [0.29, 0.717) is 78.9 Å². The maximum absolute atomic E-state index is 14.0. The number of nitrogens with zero attached hydrogens (tertiary/aromatic N) is 6. The number of amides is 2. The number of fused-ring (bicyclic) bond motifs is 2. The number of hydrogen-bond donors (Lipinski definition) is 6. The summed E-state index contributed by atoms with van der Waals surface area (Å²) in [7, 11) is 5.00. The lowest BCUT2D eigenvalue weighted by Gasteiger charge is -2.69. The molecule has 5 heterocycles. The van der Waals surface area contributed by atoms with E-state index in [-0.39, 0.29) is 60.6 Å². The highest BCUT2D eigenvalue weighted by Crippen LogP contribution is 2.72. The quantitative estimate of drug-likeness (QED) is 0.0371. The van der Waals surface area contributed by atoms with Gasteiger partial charge in [-0.05, 0) is 146 Å². The van der Waals surface area contributed by atoms with Crippen LogP contribution in [0.25, 0.3) is 21.3 Å². The minimum atomic E-state index is -1.53. The van der Waals surface area contributed by atoms with Crippen molar-refractivity contribution in [2.24, 2.45) is 16.2 Å². The predicted molar refractivity (Wildman–Crippen MR) is 318 cm³/mol. The molecule has 6 atom stereocenters. The Morgan fingerprint density at radius 2 is 1.66 bits per heavy atom. The van der Waals surface area contributed by atoms with Crippen molar-refractivity contribution in [3.8, 4) is 16.9 Å². The van der Waals surface area contributed by atoms with Crippen molar-refractivity contribution >= 4 is 62.1 Å². The molecular formula is C63H76N8O13S. The van der Waals surface area contributed by atoms with E-state index in [1.165, 1.54) is 11.3 Å². The van der Waals surface area contributed by atoms with Crippen LogP contribution in [0.15, 0.2) is 72.9 Å². The molecule has 4 bridgehead atoms. The predicted octanol–water partition coefficient (Wildman–Crippen LogP) is 8.74. The van der Waals surface area contributed by atoms with Crippen molar-refractivity contribution in [3.63, 3.8) is 0 Å². The molecule has 4 saturated carbocycles. The molecule has 5 fully saturated rings. The van der Waals surface area contributed by atoms with E-state index in [0.717, 1.165) is 82.4 Å². The fraction of sp³-hybridized carbons (Fsp3) is 0.508. The smallest absolute Gasteiger partial charge is 0.410 e. The molecule has 0 spiro atoms. The first-order valence-electron chi connectivity index (χ1n) is 29.2. The number of para-hydroxylation sites is 1. The maximum atomic E-state index is 14.0. The third-order valence-electron chi connectivity index (χ3n) is 18.3. The first-order valence-corrected chi connectivity index (χ1v) is 30.0. The Balaban J connectivity index is 0.759. The zero-order chi connectivity index (χ0) is 60.0. The number of ether oxygens (including phenoxy) is 5. The second-order valence-electron chi connectivity index (χ2n) is 24.9. The van der Waals surface area contributed by atoms with Crippen LogP contribution in [0.5, 0.6) is 5.75 Å². The van der Waals surface area contributed by atoms with Crippen molar-refractivity contribution in [2.45, 2.75) is 135 Å². The number of aliphatic hydroxyl groups excluding tert-OH is 2. The SMILES string of the molecule is CNc1ccc(COC(=O)N(CCOC)CCOC23CC4(C)CC(C)(CC(Cn5ncc(-c6ccc(N7CCc8c(OC)ccc(C(=O)Nc9nc%10ccccc%10s9)c8C7)nc6C(=O)O)c5C)(C4)C2)C3)c(CC[C@H]2C[C@@H](O)[C@H](O)[C@@H](C(=O)O)O2)c1. The van der Waals surface area contributed by atoms with E-state index in [4.69, 9.17) is 33.8 Å². The van der Waals surface area contributed by atoms with Crippen LogP contribution in [0, 0.1) is 23.2 Å². The summed E-state index contributed by atoms with van der Waals surface area (Å²) in [6.07, 6.45) is 3.47. The maximum Gasteiger partial charge on any atom is 0.410 e. The summed E-state index contributed by atoms with van der Waals surface area (Å²) in [6, 6.07) is 20.7. The highest BCUT2D eigenvalue weighted by atomic mass is 32.1. The molecule has 0 radical (unpaired) electrons. The number of aliphatic carboxylic acids is 1. The van der Waals surface area contributed by atoms with Crippen LogP contribution < -0.4 is 20.3 Å². The number of aromatic carboxylic acids is 1. The number of carbonyl (C=O) groups excluding carboxylic acids is 2. The van der Waals surface area contributed by atoms with Crippen LogP contribution in [0.3, 0.4) is 0 Å². The van der Waals surface area contributed by atoms with Crippen LogP contribution in [0.2, 0.25) is 0 Å². The number of aryl methyl sites for hydroxylation is 1. The molecule has 21 nitrogen and oxygen atoms in total. The first kappa shape index (κ1) is 59.5. The second-order valence-corrected chi connectivity index (χ2v) is 25.9. The molecular weight excluding hydrogens is 1110 g/mol. The number of pyridine rings is 1. The third kappa shape index (κ3) is 12.3. The van der Waals surface area contributed by atoms with Gasteiger partial charge in [0, 0.05) is 86.9 Å². The number of aliphatic hydroxyl groups is 2. The van der Waals surface area contributed by atoms with Crippen LogP contribution in [-0.4, -0.2) is 153 Å². The van der Waals surface area contributed by atoms with Crippen LogP contribution in [-0.2, 0) is 56.3 Å². The number of nitrogens with one attached hydrogen (secondary N) is 2. The number of carbonyl (C=O) groups is 4. The fourth-order valence-electron chi connectivity index (χ4n) is 15.6. The van der Waals surface area contributed by atoms with Gasteiger partial charge in [-0.15, -0.1) is 0 Å². The zero-order valence-electron chi connectivity index (χ0n) is 49.0. The van der Waals surface area contributed by atoms with Gasteiger partial charge >= 0.3 is 18.0 Å². The molecule has 3 aromatic heterocycles. The van der Waals surface area contributed by atoms with Crippen molar-refractivity contribution in [3.05, 3.63) is 112 Å². The lowest BCUT2D eigenvalue weighted by molar-refractivity contribution is -0.248. The second kappa shape index (κ2) is 23.9. The van der Waals surface area contributed by atoms with E-state index in [2.05, 4.69) is 29.5 Å². The number of rotatable bonds is 22. The number of methoxy groups -OCH3 is 2. The van der Waals surface area contributed by atoms with Gasteiger partial charge in [-0.1, -0.05) is 43.4 Å². The van der Waals surface area contributed by atoms with Gasteiger partial charge in [-0.2, -0.15) is 5.10 Å². The summed E-state index contributed by atoms with van der Waals surface area (Å²) in [5.74, 6) is -1.64. The summed E-state index contributed by atoms with van der Waals surface area (Å²) in [6.45, 7) is 9.31. The average molecular weight is 1190 g/mol. The van der Waals surface area contributed by atoms with E-state index < -0.39 is 48.0 Å². The minimum absolute atomic E-state index is 0.00203. The number of hydrogen-bond acceptors (Lipinski definition) is 17. The van der Waals surface area contributed by atoms with Crippen molar-refractivity contribution in [1.82, 2.24) is 24.6 Å². The molecule has 452 valence electrons. The normalized spacial score (nSPS) is 25.8. The van der Waals surface area contributed by atoms with Crippen molar-refractivity contribution in [2.75, 3.05) is 69.6 Å². The highest BCUT2D eigenvalue weighted by Gasteiger charge is 2.66. The van der Waals surface area contributed by atoms with Crippen molar-refractivity contribution in [1.29, 1.82) is 0 Å². The zero-order valence-corrected chi connectivity index (χ0v) is 49.8. The standard InChI is InChI=1S/C63H76N8O13S/c1-37-45(43-16-18-51(67-52(43)56(75)76)70-20-19-42-46(28-70)44(15-17-49(42)81-6)55(74)68-58-66-47-9-7-8-10-50(47)85-58)27-65-71(37)36-62-31-60(2)30-61(3,32-62)34-63(33-60,35-62)83-24-22-69(21-23-80-5)59(79)82-29-39-11-13-40(64-4)25-38(39)12-14-41-26-48(72)53(73)54(84-41)57(77)78/h7-11,13,15-18,25,27,41,48,53-54,64,72-73H,12,14,19-24,26,28-36H2,1-6H3,(H,75,76)(H,77,78)(H,66,68,74)/t41-,48+,53-,54-,60?,61?,62?,63?/m0/s1.